The molecule has 3 rings (SSSR count). The number of fused-ring (bicyclic) bond motifs is 2. The first-order valence-corrected chi connectivity index (χ1v) is 8.64. The van der Waals surface area contributed by atoms with Crippen LogP contribution < -0.4 is 0 Å². The van der Waals surface area contributed by atoms with Crippen LogP contribution in [0.5, 0.6) is 0 Å². The van der Waals surface area contributed by atoms with Crippen LogP contribution in [0.3, 0.4) is 0 Å². The van der Waals surface area contributed by atoms with Gasteiger partial charge in [0.1, 0.15) is 0 Å². The molecule has 0 amide bonds. The van der Waals surface area contributed by atoms with E-state index in [2.05, 4.69) is 4.98 Å². The van der Waals surface area contributed by atoms with Crippen LogP contribution in [0.2, 0.25) is 0 Å². The SMILES string of the molecule is CC(C)n1cnc(S(=O)(=O)N2CC3CC2CS3)c1. The molecule has 2 atom stereocenters. The zero-order chi connectivity index (χ0) is 12.9. The highest BCUT2D eigenvalue weighted by Gasteiger charge is 2.45. The summed E-state index contributed by atoms with van der Waals surface area (Å²) in [6.45, 7) is 4.66. The maximum atomic E-state index is 12.5. The third-order valence-electron chi connectivity index (χ3n) is 3.60. The number of nitrogens with zero attached hydrogens (tertiary/aromatic N) is 3. The third-order valence-corrected chi connectivity index (χ3v) is 6.79. The van der Waals surface area contributed by atoms with Gasteiger partial charge in [-0.3, -0.25) is 0 Å². The second-order valence-corrected chi connectivity index (χ2v) is 8.34. The van der Waals surface area contributed by atoms with E-state index in [0.717, 1.165) is 12.2 Å². The van der Waals surface area contributed by atoms with Crippen molar-refractivity contribution in [1.29, 1.82) is 0 Å². The Morgan fingerprint density at radius 3 is 2.78 bits per heavy atom. The molecule has 2 saturated heterocycles. The van der Waals surface area contributed by atoms with Crippen molar-refractivity contribution in [3.05, 3.63) is 12.5 Å². The molecule has 0 saturated carbocycles. The first-order chi connectivity index (χ1) is 8.48. The van der Waals surface area contributed by atoms with Crippen molar-refractivity contribution in [3.63, 3.8) is 0 Å². The van der Waals surface area contributed by atoms with Crippen molar-refractivity contribution in [2.75, 3.05) is 12.3 Å². The maximum Gasteiger partial charge on any atom is 0.262 e. The van der Waals surface area contributed by atoms with Crippen molar-refractivity contribution < 1.29 is 8.42 Å². The van der Waals surface area contributed by atoms with E-state index < -0.39 is 10.0 Å². The number of aromatic nitrogens is 2. The number of rotatable bonds is 3. The Balaban J connectivity index is 1.90. The van der Waals surface area contributed by atoms with Gasteiger partial charge >= 0.3 is 0 Å². The lowest BCUT2D eigenvalue weighted by molar-refractivity contribution is 0.408. The van der Waals surface area contributed by atoms with Crippen LogP contribution in [-0.4, -0.2) is 45.9 Å². The molecule has 7 heteroatoms. The zero-order valence-electron chi connectivity index (χ0n) is 10.5. The van der Waals surface area contributed by atoms with Crippen molar-refractivity contribution in [1.82, 2.24) is 13.9 Å². The Hall–Kier alpha value is -0.530. The molecule has 0 N–H and O–H groups in total. The van der Waals surface area contributed by atoms with Crippen molar-refractivity contribution >= 4 is 21.8 Å². The summed E-state index contributed by atoms with van der Waals surface area (Å²) in [4.78, 5) is 4.06. The molecule has 5 nitrogen and oxygen atoms in total. The Kier molecular flexibility index (Phi) is 2.95. The van der Waals surface area contributed by atoms with Crippen molar-refractivity contribution in [3.8, 4) is 0 Å². The number of sulfonamides is 1. The first-order valence-electron chi connectivity index (χ1n) is 6.15. The zero-order valence-corrected chi connectivity index (χ0v) is 12.1. The Morgan fingerprint density at radius 1 is 1.50 bits per heavy atom. The topological polar surface area (TPSA) is 55.2 Å². The smallest absolute Gasteiger partial charge is 0.262 e. The van der Waals surface area contributed by atoms with Gasteiger partial charge in [-0.15, -0.1) is 0 Å². The highest BCUT2D eigenvalue weighted by atomic mass is 32.2. The number of hydrogen-bond donors (Lipinski definition) is 0. The molecule has 2 aliphatic heterocycles. The lowest BCUT2D eigenvalue weighted by Crippen LogP contribution is -2.39. The van der Waals surface area contributed by atoms with E-state index >= 15 is 0 Å². The lowest BCUT2D eigenvalue weighted by atomic mass is 10.3. The Morgan fingerprint density at radius 2 is 2.28 bits per heavy atom. The molecule has 0 spiro atoms. The predicted octanol–water partition coefficient (Wildman–Crippen LogP) is 1.34. The van der Waals surface area contributed by atoms with Gasteiger partial charge in [0.25, 0.3) is 10.0 Å². The summed E-state index contributed by atoms with van der Waals surface area (Å²) in [5.74, 6) is 0.925. The normalized spacial score (nSPS) is 28.4. The van der Waals surface area contributed by atoms with Crippen molar-refractivity contribution in [2.24, 2.45) is 0 Å². The molecule has 3 heterocycles. The molecule has 1 aromatic heterocycles. The van der Waals surface area contributed by atoms with Crippen LogP contribution in [0.4, 0.5) is 0 Å². The molecular formula is C11H17N3O2S2. The largest absolute Gasteiger partial charge is 0.334 e. The van der Waals surface area contributed by atoms with E-state index in [0.29, 0.717) is 11.8 Å². The predicted molar refractivity (Wildman–Crippen MR) is 71.2 cm³/mol. The van der Waals surface area contributed by atoms with E-state index in [1.165, 1.54) is 0 Å². The first kappa shape index (κ1) is 12.5. The summed E-state index contributed by atoms with van der Waals surface area (Å²) in [7, 11) is -3.39. The molecule has 2 fully saturated rings. The lowest BCUT2D eigenvalue weighted by Gasteiger charge is -2.24. The minimum atomic E-state index is -3.39. The highest BCUT2D eigenvalue weighted by molar-refractivity contribution is 8.00. The van der Waals surface area contributed by atoms with Gasteiger partial charge in [0.15, 0.2) is 5.03 Å². The summed E-state index contributed by atoms with van der Waals surface area (Å²) in [6.07, 6.45) is 4.23. The Bertz CT molecular complexity index is 552. The second-order valence-electron chi connectivity index (χ2n) is 5.17. The fourth-order valence-corrected chi connectivity index (χ4v) is 5.74. The van der Waals surface area contributed by atoms with E-state index in [1.807, 2.05) is 30.2 Å². The van der Waals surface area contributed by atoms with Crippen LogP contribution in [0, 0.1) is 0 Å². The number of imidazole rings is 1. The van der Waals surface area contributed by atoms with Crippen molar-refractivity contribution in [2.45, 2.75) is 42.6 Å². The maximum absolute atomic E-state index is 12.5. The fourth-order valence-electron chi connectivity index (χ4n) is 2.51. The summed E-state index contributed by atoms with van der Waals surface area (Å²) in [6, 6.07) is 0.404. The molecule has 100 valence electrons. The van der Waals surface area contributed by atoms with E-state index in [4.69, 9.17) is 0 Å². The van der Waals surface area contributed by atoms with Gasteiger partial charge < -0.3 is 4.57 Å². The summed E-state index contributed by atoms with van der Waals surface area (Å²) < 4.78 is 28.5. The average molecular weight is 287 g/mol. The van der Waals surface area contributed by atoms with Crippen LogP contribution in [0.25, 0.3) is 0 Å². The van der Waals surface area contributed by atoms with Gasteiger partial charge in [-0.05, 0) is 20.3 Å². The van der Waals surface area contributed by atoms with Gasteiger partial charge in [0.2, 0.25) is 0 Å². The minimum Gasteiger partial charge on any atom is -0.334 e. The van der Waals surface area contributed by atoms with Gasteiger partial charge in [-0.25, -0.2) is 13.4 Å². The molecule has 2 bridgehead atoms. The summed E-state index contributed by atoms with van der Waals surface area (Å²) >= 11 is 1.89. The summed E-state index contributed by atoms with van der Waals surface area (Å²) in [5, 5.41) is 0.672. The molecule has 0 aromatic carbocycles. The number of hydrogen-bond acceptors (Lipinski definition) is 4. The quantitative estimate of drug-likeness (QED) is 0.842. The third kappa shape index (κ3) is 1.88. The fraction of sp³-hybridized carbons (Fsp3) is 0.727. The van der Waals surface area contributed by atoms with E-state index in [1.54, 1.807) is 16.8 Å². The van der Waals surface area contributed by atoms with Crippen LogP contribution in [0.1, 0.15) is 26.3 Å². The van der Waals surface area contributed by atoms with Crippen LogP contribution in [0.15, 0.2) is 17.6 Å². The molecule has 2 aliphatic rings. The molecule has 1 aromatic rings. The molecular weight excluding hydrogens is 270 g/mol. The van der Waals surface area contributed by atoms with Gasteiger partial charge in [0, 0.05) is 35.8 Å². The van der Waals surface area contributed by atoms with Crippen LogP contribution >= 0.6 is 11.8 Å². The molecule has 2 unspecified atom stereocenters. The summed E-state index contributed by atoms with van der Waals surface area (Å²) in [5.41, 5.74) is 0. The van der Waals surface area contributed by atoms with Crippen LogP contribution in [-0.2, 0) is 10.0 Å². The Labute approximate surface area is 112 Å². The standard InChI is InChI=1S/C11H17N3O2S2/c1-8(2)13-5-11(12-7-13)18(15,16)14-4-10-3-9(14)6-17-10/h5,7-10H,3-4,6H2,1-2H3. The molecule has 0 aliphatic carbocycles. The van der Waals surface area contributed by atoms with Gasteiger partial charge in [0.05, 0.1) is 6.33 Å². The van der Waals surface area contributed by atoms with Gasteiger partial charge in [-0.2, -0.15) is 16.1 Å². The minimum absolute atomic E-state index is 0.175. The molecule has 0 radical (unpaired) electrons. The second kappa shape index (κ2) is 4.25. The van der Waals surface area contributed by atoms with Gasteiger partial charge in [-0.1, -0.05) is 0 Å². The average Bonchev–Trinajstić information content (AvgIpc) is 3.04. The number of thioether (sulfide) groups is 1. The van der Waals surface area contributed by atoms with E-state index in [-0.39, 0.29) is 17.1 Å². The highest BCUT2D eigenvalue weighted by Crippen LogP contribution is 2.40. The molecule has 18 heavy (non-hydrogen) atoms. The van der Waals surface area contributed by atoms with E-state index in [9.17, 15) is 8.42 Å². The monoisotopic (exact) mass is 287 g/mol.